The van der Waals surface area contributed by atoms with Crippen LogP contribution in [0.4, 0.5) is 17.1 Å². The number of hydrogen-bond acceptors (Lipinski definition) is 3. The Morgan fingerprint density at radius 2 is 1.82 bits per heavy atom. The Balaban J connectivity index is 2.20. The molecule has 0 saturated heterocycles. The molecule has 0 atom stereocenters. The van der Waals surface area contributed by atoms with Crippen LogP contribution in [0.5, 0.6) is 0 Å². The zero-order valence-electron chi connectivity index (χ0n) is 11.4. The quantitative estimate of drug-likeness (QED) is 0.459. The van der Waals surface area contributed by atoms with Crippen LogP contribution in [0.1, 0.15) is 5.56 Å². The zero-order chi connectivity index (χ0) is 16.3. The Hall–Kier alpha value is -1.89. The van der Waals surface area contributed by atoms with E-state index in [0.29, 0.717) is 21.4 Å². The van der Waals surface area contributed by atoms with Gasteiger partial charge in [0.2, 0.25) is 0 Å². The molecular weight excluding hydrogens is 345 g/mol. The standard InChI is InChI=1S/C14H11Cl2N3O2S/c1-8-10(16)6-9(15)7-12(8)18-14(22)17-11-4-2-3-5-13(11)19(20)21/h2-7H,1H3,(H2,17,18,22). The molecule has 5 nitrogen and oxygen atoms in total. The maximum absolute atomic E-state index is 11.0. The van der Waals surface area contributed by atoms with Gasteiger partial charge in [-0.3, -0.25) is 10.1 Å². The number of benzene rings is 2. The summed E-state index contributed by atoms with van der Waals surface area (Å²) in [7, 11) is 0. The lowest BCUT2D eigenvalue weighted by Crippen LogP contribution is -2.20. The number of thiocarbonyl (C=S) groups is 1. The van der Waals surface area contributed by atoms with E-state index in [0.717, 1.165) is 5.56 Å². The van der Waals surface area contributed by atoms with E-state index in [4.69, 9.17) is 35.4 Å². The zero-order valence-corrected chi connectivity index (χ0v) is 13.7. The number of hydrogen-bond donors (Lipinski definition) is 2. The maximum Gasteiger partial charge on any atom is 0.292 e. The molecule has 2 aromatic rings. The summed E-state index contributed by atoms with van der Waals surface area (Å²) in [4.78, 5) is 10.5. The van der Waals surface area contributed by atoms with Gasteiger partial charge in [-0.05, 0) is 42.9 Å². The fraction of sp³-hybridized carbons (Fsp3) is 0.0714. The van der Waals surface area contributed by atoms with Crippen LogP contribution in [-0.4, -0.2) is 10.0 Å². The first-order chi connectivity index (χ1) is 10.4. The minimum absolute atomic E-state index is 0.0625. The number of halogens is 2. The molecule has 0 aliphatic carbocycles. The van der Waals surface area contributed by atoms with Crippen molar-refractivity contribution in [2.24, 2.45) is 0 Å². The van der Waals surface area contributed by atoms with Crippen molar-refractivity contribution in [3.8, 4) is 0 Å². The molecule has 2 aromatic carbocycles. The van der Waals surface area contributed by atoms with Gasteiger partial charge in [0.05, 0.1) is 4.92 Å². The third-order valence-electron chi connectivity index (χ3n) is 2.91. The van der Waals surface area contributed by atoms with Crippen molar-refractivity contribution in [3.63, 3.8) is 0 Å². The molecule has 0 unspecified atom stereocenters. The number of nitro benzene ring substituents is 1. The van der Waals surface area contributed by atoms with Gasteiger partial charge < -0.3 is 10.6 Å². The lowest BCUT2D eigenvalue weighted by atomic mass is 10.2. The molecule has 22 heavy (non-hydrogen) atoms. The summed E-state index contributed by atoms with van der Waals surface area (Å²) in [5.74, 6) is 0. The van der Waals surface area contributed by atoms with Gasteiger partial charge in [-0.2, -0.15) is 0 Å². The molecule has 0 bridgehead atoms. The van der Waals surface area contributed by atoms with Crippen LogP contribution in [0.25, 0.3) is 0 Å². The molecule has 0 fully saturated rings. The van der Waals surface area contributed by atoms with Gasteiger partial charge >= 0.3 is 0 Å². The molecule has 0 aliphatic rings. The van der Waals surface area contributed by atoms with Crippen LogP contribution in [0, 0.1) is 17.0 Å². The van der Waals surface area contributed by atoms with Gasteiger partial charge in [-0.25, -0.2) is 0 Å². The molecule has 0 saturated carbocycles. The number of anilines is 2. The summed E-state index contributed by atoms with van der Waals surface area (Å²) in [5, 5.41) is 17.9. The van der Waals surface area contributed by atoms with Crippen LogP contribution in [0.15, 0.2) is 36.4 Å². The minimum Gasteiger partial charge on any atom is -0.332 e. The average Bonchev–Trinajstić information content (AvgIpc) is 2.44. The molecule has 0 radical (unpaired) electrons. The topological polar surface area (TPSA) is 67.2 Å². The maximum atomic E-state index is 11.0. The lowest BCUT2D eigenvalue weighted by molar-refractivity contribution is -0.383. The molecule has 8 heteroatoms. The fourth-order valence-electron chi connectivity index (χ4n) is 1.79. The summed E-state index contributed by atoms with van der Waals surface area (Å²) in [6.45, 7) is 1.81. The summed E-state index contributed by atoms with van der Waals surface area (Å²) in [6, 6.07) is 9.54. The molecule has 0 aromatic heterocycles. The Labute approximate surface area is 142 Å². The molecule has 114 valence electrons. The van der Waals surface area contributed by atoms with Crippen LogP contribution < -0.4 is 10.6 Å². The second-order valence-electron chi connectivity index (χ2n) is 4.41. The molecule has 0 spiro atoms. The fourth-order valence-corrected chi connectivity index (χ4v) is 2.50. The van der Waals surface area contributed by atoms with Crippen molar-refractivity contribution >= 4 is 57.6 Å². The number of para-hydroxylation sites is 2. The predicted octanol–water partition coefficient (Wildman–Crippen LogP) is 5.02. The van der Waals surface area contributed by atoms with Crippen LogP contribution in [-0.2, 0) is 0 Å². The molecule has 0 amide bonds. The smallest absolute Gasteiger partial charge is 0.292 e. The average molecular weight is 356 g/mol. The highest BCUT2D eigenvalue weighted by Crippen LogP contribution is 2.29. The van der Waals surface area contributed by atoms with Gasteiger partial charge in [-0.1, -0.05) is 35.3 Å². The highest BCUT2D eigenvalue weighted by molar-refractivity contribution is 7.80. The second kappa shape index (κ2) is 6.91. The van der Waals surface area contributed by atoms with E-state index in [-0.39, 0.29) is 10.8 Å². The third-order valence-corrected chi connectivity index (χ3v) is 3.72. The predicted molar refractivity (Wildman–Crippen MR) is 94.1 cm³/mol. The summed E-state index contributed by atoms with van der Waals surface area (Å²) in [6.07, 6.45) is 0. The van der Waals surface area contributed by atoms with Crippen molar-refractivity contribution in [3.05, 3.63) is 62.1 Å². The van der Waals surface area contributed by atoms with Crippen molar-refractivity contribution in [2.75, 3.05) is 10.6 Å². The van der Waals surface area contributed by atoms with Gasteiger partial charge in [-0.15, -0.1) is 0 Å². The Kier molecular flexibility index (Phi) is 5.18. The summed E-state index contributed by atoms with van der Waals surface area (Å²) < 4.78 is 0. The number of nitro groups is 1. The summed E-state index contributed by atoms with van der Waals surface area (Å²) in [5.41, 5.74) is 1.65. The van der Waals surface area contributed by atoms with E-state index in [2.05, 4.69) is 10.6 Å². The lowest BCUT2D eigenvalue weighted by Gasteiger charge is -2.14. The largest absolute Gasteiger partial charge is 0.332 e. The number of rotatable bonds is 3. The molecule has 0 aliphatic heterocycles. The highest BCUT2D eigenvalue weighted by atomic mass is 35.5. The van der Waals surface area contributed by atoms with Gasteiger partial charge in [0.15, 0.2) is 5.11 Å². The van der Waals surface area contributed by atoms with Crippen molar-refractivity contribution in [2.45, 2.75) is 6.92 Å². The monoisotopic (exact) mass is 355 g/mol. The van der Waals surface area contributed by atoms with Gasteiger partial charge in [0.1, 0.15) is 5.69 Å². The van der Waals surface area contributed by atoms with Crippen molar-refractivity contribution in [1.29, 1.82) is 0 Å². The SMILES string of the molecule is Cc1c(Cl)cc(Cl)cc1NC(=S)Nc1ccccc1[N+](=O)[O-]. The Bertz CT molecular complexity index is 753. The first kappa shape index (κ1) is 16.5. The number of nitrogens with one attached hydrogen (secondary N) is 2. The van der Waals surface area contributed by atoms with Gasteiger partial charge in [0.25, 0.3) is 5.69 Å². The van der Waals surface area contributed by atoms with E-state index < -0.39 is 4.92 Å². The van der Waals surface area contributed by atoms with Crippen LogP contribution >= 0.6 is 35.4 Å². The van der Waals surface area contributed by atoms with E-state index in [1.807, 2.05) is 6.92 Å². The second-order valence-corrected chi connectivity index (χ2v) is 5.67. The van der Waals surface area contributed by atoms with Crippen molar-refractivity contribution < 1.29 is 4.92 Å². The van der Waals surface area contributed by atoms with E-state index in [1.54, 1.807) is 30.3 Å². The van der Waals surface area contributed by atoms with Crippen LogP contribution in [0.2, 0.25) is 10.0 Å². The molecule has 0 heterocycles. The van der Waals surface area contributed by atoms with Crippen molar-refractivity contribution in [1.82, 2.24) is 0 Å². The molecule has 2 N–H and O–H groups in total. The molecule has 2 rings (SSSR count). The first-order valence-electron chi connectivity index (χ1n) is 6.15. The Morgan fingerprint density at radius 3 is 2.50 bits per heavy atom. The third kappa shape index (κ3) is 3.85. The number of nitrogens with zero attached hydrogens (tertiary/aromatic N) is 1. The normalized spacial score (nSPS) is 10.1. The Morgan fingerprint density at radius 1 is 1.18 bits per heavy atom. The highest BCUT2D eigenvalue weighted by Gasteiger charge is 2.14. The molecular formula is C14H11Cl2N3O2S. The van der Waals surface area contributed by atoms with E-state index in [9.17, 15) is 10.1 Å². The summed E-state index contributed by atoms with van der Waals surface area (Å²) >= 11 is 17.2. The van der Waals surface area contributed by atoms with E-state index in [1.165, 1.54) is 6.07 Å². The van der Waals surface area contributed by atoms with E-state index >= 15 is 0 Å². The first-order valence-corrected chi connectivity index (χ1v) is 7.32. The minimum atomic E-state index is -0.480. The van der Waals surface area contributed by atoms with Crippen LogP contribution in [0.3, 0.4) is 0 Å². The van der Waals surface area contributed by atoms with Gasteiger partial charge in [0, 0.05) is 21.8 Å².